The summed E-state index contributed by atoms with van der Waals surface area (Å²) in [4.78, 5) is 0.155. The molecule has 0 spiro atoms. The molecule has 1 heterocycles. The van der Waals surface area contributed by atoms with Crippen molar-refractivity contribution in [2.75, 3.05) is 0 Å². The van der Waals surface area contributed by atoms with Crippen molar-refractivity contribution in [3.05, 3.63) is 35.7 Å². The first kappa shape index (κ1) is 13.7. The van der Waals surface area contributed by atoms with E-state index in [0.717, 1.165) is 5.56 Å². The van der Waals surface area contributed by atoms with Gasteiger partial charge in [-0.15, -0.1) is 5.10 Å². The van der Waals surface area contributed by atoms with Crippen LogP contribution in [-0.4, -0.2) is 18.6 Å². The van der Waals surface area contributed by atoms with Crippen LogP contribution in [0.1, 0.15) is 32.2 Å². The Morgan fingerprint density at radius 3 is 2.11 bits per heavy atom. The summed E-state index contributed by atoms with van der Waals surface area (Å²) >= 11 is 0. The van der Waals surface area contributed by atoms with Gasteiger partial charge in [-0.1, -0.05) is 43.6 Å². The monoisotopic (exact) mass is 280 g/mol. The molecule has 2 aromatic rings. The summed E-state index contributed by atoms with van der Waals surface area (Å²) < 4.78 is 29.9. The van der Waals surface area contributed by atoms with Gasteiger partial charge in [0.1, 0.15) is 0 Å². The highest BCUT2D eigenvalue weighted by Crippen LogP contribution is 2.25. The number of hydrogen-bond acceptors (Lipinski definition) is 5. The van der Waals surface area contributed by atoms with Crippen LogP contribution in [0.2, 0.25) is 0 Å². The third kappa shape index (κ3) is 2.68. The summed E-state index contributed by atoms with van der Waals surface area (Å²) in [6.07, 6.45) is 0. The lowest BCUT2D eigenvalue weighted by molar-refractivity contribution is 0.339. The Morgan fingerprint density at radius 1 is 1.05 bits per heavy atom. The number of aromatic nitrogens is 2. The van der Waals surface area contributed by atoms with Crippen LogP contribution in [0, 0.1) is 6.92 Å². The van der Waals surface area contributed by atoms with Crippen molar-refractivity contribution in [1.82, 2.24) is 10.2 Å². The molecule has 0 aliphatic rings. The van der Waals surface area contributed by atoms with Crippen molar-refractivity contribution in [3.63, 3.8) is 0 Å². The summed E-state index contributed by atoms with van der Waals surface area (Å²) in [5, 5.41) is 7.09. The fraction of sp³-hybridized carbons (Fsp3) is 0.385. The Kier molecular flexibility index (Phi) is 3.22. The van der Waals surface area contributed by atoms with E-state index >= 15 is 0 Å². The van der Waals surface area contributed by atoms with Crippen molar-refractivity contribution < 1.29 is 12.8 Å². The van der Waals surface area contributed by atoms with E-state index in [-0.39, 0.29) is 15.5 Å². The van der Waals surface area contributed by atoms with E-state index in [4.69, 9.17) is 4.42 Å². The van der Waals surface area contributed by atoms with Crippen LogP contribution in [0.25, 0.3) is 0 Å². The van der Waals surface area contributed by atoms with E-state index in [1.807, 2.05) is 27.7 Å². The van der Waals surface area contributed by atoms with Gasteiger partial charge in [0.15, 0.2) is 0 Å². The molecule has 0 aliphatic carbocycles. The Morgan fingerprint density at radius 2 is 1.63 bits per heavy atom. The molecule has 0 N–H and O–H groups in total. The molecule has 0 radical (unpaired) electrons. The minimum atomic E-state index is -3.74. The van der Waals surface area contributed by atoms with Gasteiger partial charge in [0.05, 0.1) is 4.90 Å². The third-order valence-corrected chi connectivity index (χ3v) is 4.13. The molecule has 0 aliphatic heterocycles. The lowest BCUT2D eigenvalue weighted by Gasteiger charge is -2.10. The second-order valence-electron chi connectivity index (χ2n) is 5.44. The van der Waals surface area contributed by atoms with Crippen molar-refractivity contribution in [1.29, 1.82) is 0 Å². The number of sulfone groups is 1. The first-order chi connectivity index (χ1) is 8.71. The van der Waals surface area contributed by atoms with Gasteiger partial charge in [0.25, 0.3) is 9.84 Å². The lowest BCUT2D eigenvalue weighted by atomic mass is 9.97. The number of nitrogens with zero attached hydrogens (tertiary/aromatic N) is 2. The minimum Gasteiger partial charge on any atom is -0.412 e. The zero-order valence-electron chi connectivity index (χ0n) is 11.3. The topological polar surface area (TPSA) is 73.1 Å². The van der Waals surface area contributed by atoms with E-state index in [1.54, 1.807) is 12.1 Å². The van der Waals surface area contributed by atoms with Gasteiger partial charge in [-0.2, -0.15) is 0 Å². The highest BCUT2D eigenvalue weighted by atomic mass is 32.2. The summed E-state index contributed by atoms with van der Waals surface area (Å²) in [7, 11) is -3.74. The smallest absolute Gasteiger partial charge is 0.340 e. The molecule has 1 aromatic heterocycles. The van der Waals surface area contributed by atoms with Crippen molar-refractivity contribution in [2.45, 2.75) is 43.2 Å². The third-order valence-electron chi connectivity index (χ3n) is 2.61. The highest BCUT2D eigenvalue weighted by Gasteiger charge is 2.28. The predicted molar refractivity (Wildman–Crippen MR) is 69.6 cm³/mol. The van der Waals surface area contributed by atoms with Crippen LogP contribution >= 0.6 is 0 Å². The molecule has 0 saturated carbocycles. The Labute approximate surface area is 112 Å². The molecule has 0 unspecified atom stereocenters. The molecule has 19 heavy (non-hydrogen) atoms. The average molecular weight is 280 g/mol. The SMILES string of the molecule is Cc1ccc(S(=O)(=O)c2nnc(C(C)(C)C)o2)cc1. The largest absolute Gasteiger partial charge is 0.412 e. The molecule has 0 fully saturated rings. The molecular formula is C13H16N2O3S. The predicted octanol–water partition coefficient (Wildman–Crippen LogP) is 2.51. The lowest BCUT2D eigenvalue weighted by Crippen LogP contribution is -2.11. The quantitative estimate of drug-likeness (QED) is 0.845. The van der Waals surface area contributed by atoms with Crippen molar-refractivity contribution in [3.8, 4) is 0 Å². The van der Waals surface area contributed by atoms with Gasteiger partial charge < -0.3 is 4.42 Å². The Bertz CT molecular complexity index is 679. The second kappa shape index (κ2) is 4.45. The van der Waals surface area contributed by atoms with Crippen molar-refractivity contribution in [2.24, 2.45) is 0 Å². The zero-order valence-corrected chi connectivity index (χ0v) is 12.2. The number of hydrogen-bond donors (Lipinski definition) is 0. The molecule has 0 amide bonds. The Balaban J connectivity index is 2.46. The van der Waals surface area contributed by atoms with Gasteiger partial charge in [-0.3, -0.25) is 0 Å². The first-order valence-corrected chi connectivity index (χ1v) is 7.35. The van der Waals surface area contributed by atoms with E-state index in [2.05, 4.69) is 10.2 Å². The maximum Gasteiger partial charge on any atom is 0.340 e. The van der Waals surface area contributed by atoms with E-state index < -0.39 is 9.84 Å². The van der Waals surface area contributed by atoms with E-state index in [0.29, 0.717) is 5.89 Å². The summed E-state index contributed by atoms with van der Waals surface area (Å²) in [5.41, 5.74) is 0.605. The maximum absolute atomic E-state index is 12.3. The number of benzene rings is 1. The van der Waals surface area contributed by atoms with Crippen LogP contribution in [0.15, 0.2) is 38.8 Å². The first-order valence-electron chi connectivity index (χ1n) is 5.87. The van der Waals surface area contributed by atoms with Gasteiger partial charge >= 0.3 is 5.22 Å². The highest BCUT2D eigenvalue weighted by molar-refractivity contribution is 7.91. The van der Waals surface area contributed by atoms with E-state index in [1.165, 1.54) is 12.1 Å². The van der Waals surface area contributed by atoms with Crippen LogP contribution in [-0.2, 0) is 15.3 Å². The van der Waals surface area contributed by atoms with Crippen LogP contribution in [0.5, 0.6) is 0 Å². The fourth-order valence-corrected chi connectivity index (χ4v) is 2.47. The average Bonchev–Trinajstić information content (AvgIpc) is 2.79. The van der Waals surface area contributed by atoms with Gasteiger partial charge in [-0.25, -0.2) is 8.42 Å². The summed E-state index contributed by atoms with van der Waals surface area (Å²) in [5.74, 6) is 0.304. The van der Waals surface area contributed by atoms with Crippen LogP contribution in [0.3, 0.4) is 0 Å². The molecule has 5 nitrogen and oxygen atoms in total. The number of aryl methyl sites for hydroxylation is 1. The molecule has 0 bridgehead atoms. The molecule has 1 aromatic carbocycles. The summed E-state index contributed by atoms with van der Waals surface area (Å²) in [6.45, 7) is 7.52. The maximum atomic E-state index is 12.3. The fourth-order valence-electron chi connectivity index (χ4n) is 1.44. The van der Waals surface area contributed by atoms with E-state index in [9.17, 15) is 8.42 Å². The van der Waals surface area contributed by atoms with Gasteiger partial charge in [0.2, 0.25) is 5.89 Å². The molecular weight excluding hydrogens is 264 g/mol. The van der Waals surface area contributed by atoms with Crippen LogP contribution < -0.4 is 0 Å². The Hall–Kier alpha value is -1.69. The normalized spacial score (nSPS) is 12.6. The molecule has 6 heteroatoms. The zero-order chi connectivity index (χ0) is 14.3. The minimum absolute atomic E-state index is 0.155. The summed E-state index contributed by atoms with van der Waals surface area (Å²) in [6, 6.07) is 6.53. The number of rotatable bonds is 2. The van der Waals surface area contributed by atoms with Gasteiger partial charge in [0, 0.05) is 5.41 Å². The van der Waals surface area contributed by atoms with Crippen LogP contribution in [0.4, 0.5) is 0 Å². The molecule has 0 saturated heterocycles. The molecule has 2 rings (SSSR count). The van der Waals surface area contributed by atoms with Crippen molar-refractivity contribution >= 4 is 9.84 Å². The van der Waals surface area contributed by atoms with Gasteiger partial charge in [-0.05, 0) is 19.1 Å². The standard InChI is InChI=1S/C13H16N2O3S/c1-9-5-7-10(8-6-9)19(16,17)12-15-14-11(18-12)13(2,3)4/h5-8H,1-4H3. The second-order valence-corrected chi connectivity index (χ2v) is 7.27. The molecule has 0 atom stereocenters. The molecule has 102 valence electrons.